The molecule has 0 bridgehead atoms. The van der Waals surface area contributed by atoms with Gasteiger partial charge < -0.3 is 9.55 Å². The maximum absolute atomic E-state index is 11.9. The van der Waals surface area contributed by atoms with Crippen LogP contribution >= 0.6 is 11.8 Å². The van der Waals surface area contributed by atoms with Gasteiger partial charge in [-0.1, -0.05) is 23.9 Å². The van der Waals surface area contributed by atoms with E-state index in [9.17, 15) is 4.79 Å². The number of aromatic nitrogens is 4. The van der Waals surface area contributed by atoms with Crippen LogP contribution in [0.15, 0.2) is 46.6 Å². The molecule has 0 aliphatic rings. The summed E-state index contributed by atoms with van der Waals surface area (Å²) < 4.78 is 3.94. The zero-order valence-corrected chi connectivity index (χ0v) is 12.8. The molecule has 5 nitrogen and oxygen atoms in total. The number of aromatic amines is 1. The summed E-state index contributed by atoms with van der Waals surface area (Å²) >= 11 is 1.74. The Morgan fingerprint density at radius 2 is 2.19 bits per heavy atom. The fourth-order valence-electron chi connectivity index (χ4n) is 2.39. The molecule has 0 aliphatic carbocycles. The van der Waals surface area contributed by atoms with Crippen LogP contribution in [0, 0.1) is 0 Å². The highest BCUT2D eigenvalue weighted by Gasteiger charge is 2.06. The summed E-state index contributed by atoms with van der Waals surface area (Å²) in [7, 11) is 0. The highest BCUT2D eigenvalue weighted by Crippen LogP contribution is 2.17. The van der Waals surface area contributed by atoms with Gasteiger partial charge in [-0.15, -0.1) is 0 Å². The lowest BCUT2D eigenvalue weighted by atomic mass is 10.3. The van der Waals surface area contributed by atoms with E-state index in [1.54, 1.807) is 11.8 Å². The summed E-state index contributed by atoms with van der Waals surface area (Å²) in [6.45, 7) is 3.77. The van der Waals surface area contributed by atoms with E-state index >= 15 is 0 Å². The number of thioether (sulfide) groups is 1. The van der Waals surface area contributed by atoms with Crippen molar-refractivity contribution in [3.05, 3.63) is 47.1 Å². The molecule has 0 saturated carbocycles. The number of nitrogens with zero attached hydrogens (tertiary/aromatic N) is 3. The van der Waals surface area contributed by atoms with E-state index in [0.29, 0.717) is 0 Å². The van der Waals surface area contributed by atoms with Gasteiger partial charge in [-0.05, 0) is 25.5 Å². The molecule has 2 heterocycles. The topological polar surface area (TPSA) is 55.6 Å². The van der Waals surface area contributed by atoms with E-state index in [-0.39, 0.29) is 5.69 Å². The van der Waals surface area contributed by atoms with Gasteiger partial charge in [0.2, 0.25) is 0 Å². The summed E-state index contributed by atoms with van der Waals surface area (Å²) in [6.07, 6.45) is 4.76. The van der Waals surface area contributed by atoms with E-state index in [1.807, 2.05) is 41.2 Å². The SMILES string of the molecule is CCn1ccnc1SCCCn1c(=O)[nH]c2ccccc21. The van der Waals surface area contributed by atoms with E-state index in [2.05, 4.69) is 21.5 Å². The molecule has 3 rings (SSSR count). The maximum atomic E-state index is 11.9. The summed E-state index contributed by atoms with van der Waals surface area (Å²) in [5, 5.41) is 1.05. The Labute approximate surface area is 127 Å². The number of rotatable bonds is 6. The average molecular weight is 302 g/mol. The molecule has 0 saturated heterocycles. The molecule has 0 atom stereocenters. The van der Waals surface area contributed by atoms with Crippen molar-refractivity contribution in [1.29, 1.82) is 0 Å². The first kappa shape index (κ1) is 14.0. The average Bonchev–Trinajstić information content (AvgIpc) is 3.07. The molecule has 0 fully saturated rings. The number of fused-ring (bicyclic) bond motifs is 1. The van der Waals surface area contributed by atoms with Crippen LogP contribution in [0.4, 0.5) is 0 Å². The monoisotopic (exact) mass is 302 g/mol. The minimum Gasteiger partial charge on any atom is -0.326 e. The minimum absolute atomic E-state index is 0.0312. The Balaban J connectivity index is 1.62. The second-order valence-corrected chi connectivity index (χ2v) is 5.86. The van der Waals surface area contributed by atoms with Crippen LogP contribution < -0.4 is 5.69 Å². The zero-order chi connectivity index (χ0) is 14.7. The van der Waals surface area contributed by atoms with Gasteiger partial charge >= 0.3 is 5.69 Å². The smallest absolute Gasteiger partial charge is 0.326 e. The van der Waals surface area contributed by atoms with Crippen molar-refractivity contribution in [2.75, 3.05) is 5.75 Å². The van der Waals surface area contributed by atoms with Gasteiger partial charge in [-0.2, -0.15) is 0 Å². The van der Waals surface area contributed by atoms with Gasteiger partial charge in [0.15, 0.2) is 5.16 Å². The first-order valence-corrected chi connectivity index (χ1v) is 8.09. The second-order valence-electron chi connectivity index (χ2n) is 4.80. The first-order valence-electron chi connectivity index (χ1n) is 7.11. The van der Waals surface area contributed by atoms with E-state index in [4.69, 9.17) is 0 Å². The molecule has 2 aromatic heterocycles. The Bertz CT molecular complexity index is 786. The standard InChI is InChI=1S/C15H18N4OS/c1-2-18-10-8-16-15(18)21-11-5-9-19-13-7-4-3-6-12(13)17-14(19)20/h3-4,6-8,10H,2,5,9,11H2,1H3,(H,17,20). The molecule has 3 aromatic rings. The van der Waals surface area contributed by atoms with Crippen LogP contribution in [-0.4, -0.2) is 24.9 Å². The van der Waals surface area contributed by atoms with Gasteiger partial charge in [-0.25, -0.2) is 9.78 Å². The number of nitrogens with one attached hydrogen (secondary N) is 1. The normalized spacial score (nSPS) is 11.3. The number of hydrogen-bond donors (Lipinski definition) is 1. The molecule has 21 heavy (non-hydrogen) atoms. The number of benzene rings is 1. The van der Waals surface area contributed by atoms with E-state index in [0.717, 1.165) is 41.5 Å². The summed E-state index contributed by atoms with van der Waals surface area (Å²) in [5.74, 6) is 0.947. The first-order chi connectivity index (χ1) is 10.3. The summed E-state index contributed by atoms with van der Waals surface area (Å²) in [6, 6.07) is 7.80. The number of imidazole rings is 2. The molecule has 6 heteroatoms. The van der Waals surface area contributed by atoms with Crippen LogP contribution in [0.3, 0.4) is 0 Å². The highest BCUT2D eigenvalue weighted by molar-refractivity contribution is 7.99. The fourth-order valence-corrected chi connectivity index (χ4v) is 3.34. The Hall–Kier alpha value is -1.95. The second kappa shape index (κ2) is 6.22. The summed E-state index contributed by atoms with van der Waals surface area (Å²) in [5.41, 5.74) is 1.84. The molecular formula is C15H18N4OS. The van der Waals surface area contributed by atoms with E-state index in [1.165, 1.54) is 0 Å². The molecular weight excluding hydrogens is 284 g/mol. The molecule has 0 amide bonds. The minimum atomic E-state index is -0.0312. The lowest BCUT2D eigenvalue weighted by molar-refractivity contribution is 0.668. The van der Waals surface area contributed by atoms with Crippen molar-refractivity contribution >= 4 is 22.8 Å². The van der Waals surface area contributed by atoms with Gasteiger partial charge in [0.25, 0.3) is 0 Å². The van der Waals surface area contributed by atoms with Crippen LogP contribution in [0.25, 0.3) is 11.0 Å². The van der Waals surface area contributed by atoms with Gasteiger partial charge in [0, 0.05) is 31.2 Å². The molecule has 0 radical (unpaired) electrons. The number of para-hydroxylation sites is 2. The third kappa shape index (κ3) is 2.90. The third-order valence-electron chi connectivity index (χ3n) is 3.46. The molecule has 0 unspecified atom stereocenters. The lowest BCUT2D eigenvalue weighted by Gasteiger charge is -2.05. The van der Waals surface area contributed by atoms with Crippen LogP contribution in [0.5, 0.6) is 0 Å². The summed E-state index contributed by atoms with van der Waals surface area (Å²) in [4.78, 5) is 19.2. The number of H-pyrrole nitrogens is 1. The van der Waals surface area contributed by atoms with Crippen molar-refractivity contribution in [3.8, 4) is 0 Å². The van der Waals surface area contributed by atoms with E-state index < -0.39 is 0 Å². The Morgan fingerprint density at radius 3 is 3.05 bits per heavy atom. The molecule has 1 N–H and O–H groups in total. The largest absolute Gasteiger partial charge is 0.326 e. The van der Waals surface area contributed by atoms with Crippen molar-refractivity contribution in [2.45, 2.75) is 31.6 Å². The molecule has 0 aliphatic heterocycles. The highest BCUT2D eigenvalue weighted by atomic mass is 32.2. The fraction of sp³-hybridized carbons (Fsp3) is 0.333. The van der Waals surface area contributed by atoms with Crippen molar-refractivity contribution < 1.29 is 0 Å². The lowest BCUT2D eigenvalue weighted by Crippen LogP contribution is -2.17. The van der Waals surface area contributed by atoms with Crippen molar-refractivity contribution in [2.24, 2.45) is 0 Å². The quantitative estimate of drug-likeness (QED) is 0.562. The Morgan fingerprint density at radius 1 is 1.33 bits per heavy atom. The van der Waals surface area contributed by atoms with Crippen molar-refractivity contribution in [1.82, 2.24) is 19.1 Å². The maximum Gasteiger partial charge on any atom is 0.326 e. The predicted molar refractivity (Wildman–Crippen MR) is 85.8 cm³/mol. The van der Waals surface area contributed by atoms with Crippen LogP contribution in [-0.2, 0) is 13.1 Å². The molecule has 110 valence electrons. The van der Waals surface area contributed by atoms with Gasteiger partial charge in [0.1, 0.15) is 0 Å². The predicted octanol–water partition coefficient (Wildman–Crippen LogP) is 2.73. The van der Waals surface area contributed by atoms with Crippen LogP contribution in [0.2, 0.25) is 0 Å². The van der Waals surface area contributed by atoms with Crippen molar-refractivity contribution in [3.63, 3.8) is 0 Å². The van der Waals surface area contributed by atoms with Gasteiger partial charge in [0.05, 0.1) is 11.0 Å². The third-order valence-corrected chi connectivity index (χ3v) is 4.55. The van der Waals surface area contributed by atoms with Crippen LogP contribution in [0.1, 0.15) is 13.3 Å². The molecule has 0 spiro atoms. The number of aryl methyl sites for hydroxylation is 2. The van der Waals surface area contributed by atoms with Gasteiger partial charge in [-0.3, -0.25) is 4.57 Å². The number of hydrogen-bond acceptors (Lipinski definition) is 3. The zero-order valence-electron chi connectivity index (χ0n) is 12.0. The Kier molecular flexibility index (Phi) is 4.15. The molecule has 1 aromatic carbocycles.